The van der Waals surface area contributed by atoms with Crippen molar-refractivity contribution in [3.8, 4) is 0 Å². The molecule has 1 aliphatic heterocycles. The van der Waals surface area contributed by atoms with E-state index in [9.17, 15) is 9.59 Å². The first kappa shape index (κ1) is 10.6. The van der Waals surface area contributed by atoms with Crippen molar-refractivity contribution >= 4 is 63.3 Å². The Balaban J connectivity index is 0.000000810. The Labute approximate surface area is 101 Å². The van der Waals surface area contributed by atoms with Crippen LogP contribution in [0.25, 0.3) is 0 Å². The number of aliphatic carboxylic acids is 1. The van der Waals surface area contributed by atoms with Crippen molar-refractivity contribution in [3.05, 3.63) is 0 Å². The van der Waals surface area contributed by atoms with Gasteiger partial charge in [-0.05, 0) is 6.42 Å². The summed E-state index contributed by atoms with van der Waals surface area (Å²) in [5.41, 5.74) is 0. The van der Waals surface area contributed by atoms with Crippen LogP contribution in [-0.4, -0.2) is 74.4 Å². The summed E-state index contributed by atoms with van der Waals surface area (Å²) < 4.78 is 0. The Kier molecular flexibility index (Phi) is 4.71. The Bertz CT molecular complexity index is 159. The monoisotopic (exact) mass is 168 g/mol. The third-order valence-electron chi connectivity index (χ3n) is 1.29. The standard InChI is InChI=1S/C5H7NO3.K/c7-4-2-1-3(6-4)5(8)9;/h3H,1-2H2,(H,6,7)(H,8,9);/t3-;/m0./s1. The number of nitrogens with one attached hydrogen (secondary N) is 1. The SMILES string of the molecule is O=C1CC[C@@H](C(=O)O)N1.[K]. The van der Waals surface area contributed by atoms with E-state index in [1.54, 1.807) is 0 Å². The third-order valence-corrected chi connectivity index (χ3v) is 1.29. The van der Waals surface area contributed by atoms with Crippen molar-refractivity contribution in [1.29, 1.82) is 0 Å². The quantitative estimate of drug-likeness (QED) is 0.492. The molecule has 0 aromatic heterocycles. The van der Waals surface area contributed by atoms with Crippen LogP contribution in [0.15, 0.2) is 0 Å². The van der Waals surface area contributed by atoms with Crippen LogP contribution in [0.1, 0.15) is 12.8 Å². The molecule has 0 unspecified atom stereocenters. The second-order valence-electron chi connectivity index (χ2n) is 2.00. The number of rotatable bonds is 1. The maximum absolute atomic E-state index is 10.4. The summed E-state index contributed by atoms with van der Waals surface area (Å²) in [6.45, 7) is 0. The first-order valence-electron chi connectivity index (χ1n) is 2.72. The largest absolute Gasteiger partial charge is 0.480 e. The van der Waals surface area contributed by atoms with Gasteiger partial charge < -0.3 is 10.4 Å². The van der Waals surface area contributed by atoms with Crippen LogP contribution >= 0.6 is 0 Å². The van der Waals surface area contributed by atoms with Crippen molar-refractivity contribution in [3.63, 3.8) is 0 Å². The zero-order valence-electron chi connectivity index (χ0n) is 5.76. The summed E-state index contributed by atoms with van der Waals surface area (Å²) in [6, 6.07) is -0.641. The van der Waals surface area contributed by atoms with E-state index in [4.69, 9.17) is 5.11 Å². The summed E-state index contributed by atoms with van der Waals surface area (Å²) in [6.07, 6.45) is 0.769. The van der Waals surface area contributed by atoms with Crippen LogP contribution in [0.3, 0.4) is 0 Å². The van der Waals surface area contributed by atoms with Gasteiger partial charge in [-0.2, -0.15) is 0 Å². The van der Waals surface area contributed by atoms with Crippen LogP contribution in [0.5, 0.6) is 0 Å². The minimum absolute atomic E-state index is 0. The number of carbonyl (C=O) groups is 2. The van der Waals surface area contributed by atoms with Gasteiger partial charge in [0.25, 0.3) is 0 Å². The Morgan fingerprint density at radius 1 is 1.70 bits per heavy atom. The molecular formula is C5H7KNO3. The van der Waals surface area contributed by atoms with E-state index in [1.807, 2.05) is 0 Å². The fourth-order valence-corrected chi connectivity index (χ4v) is 0.799. The first-order chi connectivity index (χ1) is 4.20. The second-order valence-corrected chi connectivity index (χ2v) is 2.00. The number of hydrogen-bond donors (Lipinski definition) is 2. The Morgan fingerprint density at radius 3 is 2.50 bits per heavy atom. The molecule has 1 fully saturated rings. The molecule has 1 heterocycles. The van der Waals surface area contributed by atoms with Crippen LogP contribution in [0, 0.1) is 0 Å². The van der Waals surface area contributed by atoms with E-state index in [1.165, 1.54) is 0 Å². The summed E-state index contributed by atoms with van der Waals surface area (Å²) in [7, 11) is 0. The molecule has 0 bridgehead atoms. The van der Waals surface area contributed by atoms with Gasteiger partial charge in [0.05, 0.1) is 0 Å². The van der Waals surface area contributed by atoms with E-state index in [2.05, 4.69) is 5.32 Å². The van der Waals surface area contributed by atoms with E-state index in [0.29, 0.717) is 12.8 Å². The van der Waals surface area contributed by atoms with Gasteiger partial charge in [0.15, 0.2) is 0 Å². The molecule has 1 amide bonds. The van der Waals surface area contributed by atoms with Crippen LogP contribution in [0.4, 0.5) is 0 Å². The van der Waals surface area contributed by atoms with E-state index in [-0.39, 0.29) is 57.3 Å². The second kappa shape index (κ2) is 4.45. The molecular weight excluding hydrogens is 161 g/mol. The number of carboxylic acids is 1. The van der Waals surface area contributed by atoms with Gasteiger partial charge in [-0.25, -0.2) is 4.79 Å². The van der Waals surface area contributed by atoms with Gasteiger partial charge in [0.1, 0.15) is 6.04 Å². The van der Waals surface area contributed by atoms with Gasteiger partial charge in [-0.1, -0.05) is 0 Å². The molecule has 5 heteroatoms. The molecule has 1 radical (unpaired) electrons. The van der Waals surface area contributed by atoms with Gasteiger partial charge in [0, 0.05) is 57.8 Å². The molecule has 51 valence electrons. The molecule has 4 nitrogen and oxygen atoms in total. The molecule has 1 atom stereocenters. The van der Waals surface area contributed by atoms with E-state index >= 15 is 0 Å². The minimum atomic E-state index is -0.944. The van der Waals surface area contributed by atoms with Crippen LogP contribution in [0.2, 0.25) is 0 Å². The summed E-state index contributed by atoms with van der Waals surface area (Å²) >= 11 is 0. The molecule has 0 spiro atoms. The van der Waals surface area contributed by atoms with Crippen molar-refractivity contribution < 1.29 is 14.7 Å². The normalized spacial score (nSPS) is 23.2. The van der Waals surface area contributed by atoms with Gasteiger partial charge in [0.2, 0.25) is 5.91 Å². The van der Waals surface area contributed by atoms with Crippen LogP contribution < -0.4 is 5.32 Å². The molecule has 10 heavy (non-hydrogen) atoms. The smallest absolute Gasteiger partial charge is 0.326 e. The molecule has 1 saturated heterocycles. The van der Waals surface area contributed by atoms with E-state index < -0.39 is 12.0 Å². The molecule has 1 rings (SSSR count). The fraction of sp³-hybridized carbons (Fsp3) is 0.600. The molecule has 1 aliphatic rings. The Hall–Kier alpha value is 0.576. The van der Waals surface area contributed by atoms with Gasteiger partial charge in [-0.15, -0.1) is 0 Å². The number of amides is 1. The topological polar surface area (TPSA) is 66.4 Å². The maximum atomic E-state index is 10.4. The Morgan fingerprint density at radius 2 is 2.30 bits per heavy atom. The van der Waals surface area contributed by atoms with E-state index in [0.717, 1.165) is 0 Å². The van der Waals surface area contributed by atoms with Gasteiger partial charge in [-0.3, -0.25) is 4.79 Å². The summed E-state index contributed by atoms with van der Waals surface area (Å²) in [5.74, 6) is -1.11. The predicted molar refractivity (Wildman–Crippen MR) is 34.6 cm³/mol. The predicted octanol–water partition coefficient (Wildman–Crippen LogP) is -1.03. The molecule has 0 aromatic rings. The summed E-state index contributed by atoms with van der Waals surface area (Å²) in [4.78, 5) is 20.5. The van der Waals surface area contributed by atoms with Crippen molar-refractivity contribution in [2.75, 3.05) is 0 Å². The van der Waals surface area contributed by atoms with Crippen molar-refractivity contribution in [1.82, 2.24) is 5.32 Å². The first-order valence-corrected chi connectivity index (χ1v) is 2.72. The zero-order chi connectivity index (χ0) is 6.85. The third kappa shape index (κ3) is 2.67. The maximum Gasteiger partial charge on any atom is 0.326 e. The molecule has 2 N–H and O–H groups in total. The van der Waals surface area contributed by atoms with Crippen molar-refractivity contribution in [2.45, 2.75) is 18.9 Å². The molecule has 0 saturated carbocycles. The minimum Gasteiger partial charge on any atom is -0.480 e. The fourth-order valence-electron chi connectivity index (χ4n) is 0.799. The van der Waals surface area contributed by atoms with Crippen LogP contribution in [-0.2, 0) is 9.59 Å². The number of hydrogen-bond acceptors (Lipinski definition) is 2. The number of carboxylic acid groups (broad SMARTS) is 1. The van der Waals surface area contributed by atoms with Gasteiger partial charge >= 0.3 is 5.97 Å². The molecule has 0 aromatic carbocycles. The zero-order valence-corrected chi connectivity index (χ0v) is 8.88. The summed E-state index contributed by atoms with van der Waals surface area (Å²) in [5, 5.41) is 10.6. The average molecular weight is 168 g/mol. The average Bonchev–Trinajstić information content (AvgIpc) is 2.14. The van der Waals surface area contributed by atoms with Crippen molar-refractivity contribution in [2.24, 2.45) is 0 Å². The number of carbonyl (C=O) groups excluding carboxylic acids is 1. The molecule has 0 aliphatic carbocycles.